The highest BCUT2D eigenvalue weighted by molar-refractivity contribution is 5.15. The molecule has 3 nitrogen and oxygen atoms in total. The second-order valence-electron chi connectivity index (χ2n) is 5.95. The fourth-order valence-corrected chi connectivity index (χ4v) is 2.29. The van der Waals surface area contributed by atoms with E-state index < -0.39 is 0 Å². The van der Waals surface area contributed by atoms with Crippen molar-refractivity contribution in [1.82, 2.24) is 9.88 Å². The van der Waals surface area contributed by atoms with Gasteiger partial charge in [-0.25, -0.2) is 0 Å². The van der Waals surface area contributed by atoms with Gasteiger partial charge in [-0.1, -0.05) is 34.1 Å². The number of hydrogen-bond acceptors (Lipinski definition) is 2. The lowest BCUT2D eigenvalue weighted by Crippen LogP contribution is -2.21. The van der Waals surface area contributed by atoms with Crippen molar-refractivity contribution in [2.45, 2.75) is 59.5 Å². The first-order chi connectivity index (χ1) is 9.67. The van der Waals surface area contributed by atoms with Gasteiger partial charge in [0.25, 0.3) is 0 Å². The third kappa shape index (κ3) is 6.58. The van der Waals surface area contributed by atoms with E-state index >= 15 is 0 Å². The zero-order chi connectivity index (χ0) is 14.8. The van der Waals surface area contributed by atoms with Crippen molar-refractivity contribution < 1.29 is 4.74 Å². The second-order valence-corrected chi connectivity index (χ2v) is 5.95. The molecule has 1 aromatic rings. The molecule has 0 aliphatic carbocycles. The summed E-state index contributed by atoms with van der Waals surface area (Å²) in [5, 5.41) is 3.64. The van der Waals surface area contributed by atoms with E-state index in [1.54, 1.807) is 0 Å². The molecule has 20 heavy (non-hydrogen) atoms. The van der Waals surface area contributed by atoms with Gasteiger partial charge in [0.05, 0.1) is 6.61 Å². The minimum atomic E-state index is 0.498. The summed E-state index contributed by atoms with van der Waals surface area (Å²) < 4.78 is 7.89. The molecule has 0 aromatic carbocycles. The summed E-state index contributed by atoms with van der Waals surface area (Å²) in [6.07, 6.45) is 8.04. The third-order valence-corrected chi connectivity index (χ3v) is 3.34. The van der Waals surface area contributed by atoms with Crippen LogP contribution in [0.15, 0.2) is 18.5 Å². The molecule has 0 spiro atoms. The maximum Gasteiger partial charge on any atom is 0.0645 e. The van der Waals surface area contributed by atoms with Crippen LogP contribution >= 0.6 is 0 Å². The van der Waals surface area contributed by atoms with Crippen molar-refractivity contribution in [3.05, 3.63) is 24.0 Å². The van der Waals surface area contributed by atoms with Crippen LogP contribution in [0.25, 0.3) is 0 Å². The monoisotopic (exact) mass is 280 g/mol. The van der Waals surface area contributed by atoms with Gasteiger partial charge in [0.1, 0.15) is 0 Å². The van der Waals surface area contributed by atoms with Gasteiger partial charge in [-0.15, -0.1) is 0 Å². The molecule has 0 amide bonds. The van der Waals surface area contributed by atoms with Crippen LogP contribution in [-0.4, -0.2) is 24.3 Å². The zero-order valence-electron chi connectivity index (χ0n) is 13.7. The van der Waals surface area contributed by atoms with E-state index in [9.17, 15) is 0 Å². The summed E-state index contributed by atoms with van der Waals surface area (Å²) in [6.45, 7) is 12.5. The lowest BCUT2D eigenvalue weighted by molar-refractivity contribution is 0.103. The van der Waals surface area contributed by atoms with Crippen molar-refractivity contribution >= 4 is 0 Å². The fraction of sp³-hybridized carbons (Fsp3) is 0.765. The molecular weight excluding hydrogens is 248 g/mol. The lowest BCUT2D eigenvalue weighted by atomic mass is 10.1. The van der Waals surface area contributed by atoms with Gasteiger partial charge in [-0.2, -0.15) is 0 Å². The van der Waals surface area contributed by atoms with Crippen LogP contribution in [0, 0.1) is 5.92 Å². The molecule has 1 heterocycles. The van der Waals surface area contributed by atoms with Crippen molar-refractivity contribution in [3.8, 4) is 0 Å². The Hall–Kier alpha value is -0.800. The molecular formula is C17H32N2O. The predicted octanol–water partition coefficient (Wildman–Crippen LogP) is 4.00. The highest BCUT2D eigenvalue weighted by Gasteiger charge is 2.10. The van der Waals surface area contributed by atoms with Crippen LogP contribution in [0.1, 0.15) is 58.6 Å². The summed E-state index contributed by atoms with van der Waals surface area (Å²) >= 11 is 0. The fourth-order valence-electron chi connectivity index (χ4n) is 2.29. The van der Waals surface area contributed by atoms with Crippen LogP contribution < -0.4 is 5.32 Å². The Labute approximate surface area is 124 Å². The van der Waals surface area contributed by atoms with Crippen LogP contribution in [0.3, 0.4) is 0 Å². The summed E-state index contributed by atoms with van der Waals surface area (Å²) in [5.74, 6) is 0.613. The summed E-state index contributed by atoms with van der Waals surface area (Å²) in [4.78, 5) is 0. The zero-order valence-corrected chi connectivity index (χ0v) is 13.7. The van der Waals surface area contributed by atoms with E-state index in [-0.39, 0.29) is 0 Å². The highest BCUT2D eigenvalue weighted by Crippen LogP contribution is 2.18. The molecule has 1 N–H and O–H groups in total. The molecule has 1 unspecified atom stereocenters. The van der Waals surface area contributed by atoms with Gasteiger partial charge in [0.15, 0.2) is 0 Å². The average Bonchev–Trinajstić information content (AvgIpc) is 2.88. The standard InChI is InChI=1S/C17H32N2O/c1-5-7-17(18-9-6-2)16-8-10-19(13-16)11-12-20-14-15(3)4/h8,10,13,15,17-18H,5-7,9,11-12,14H2,1-4H3. The smallest absolute Gasteiger partial charge is 0.0645 e. The maximum absolute atomic E-state index is 5.64. The minimum absolute atomic E-state index is 0.498. The van der Waals surface area contributed by atoms with Crippen LogP contribution in [0.2, 0.25) is 0 Å². The van der Waals surface area contributed by atoms with Crippen molar-refractivity contribution in [3.63, 3.8) is 0 Å². The van der Waals surface area contributed by atoms with Gasteiger partial charge in [-0.05, 0) is 36.9 Å². The molecule has 0 aliphatic heterocycles. The Morgan fingerprint density at radius 3 is 2.70 bits per heavy atom. The molecule has 116 valence electrons. The number of nitrogens with one attached hydrogen (secondary N) is 1. The summed E-state index contributed by atoms with van der Waals surface area (Å²) in [7, 11) is 0. The maximum atomic E-state index is 5.64. The second kappa shape index (κ2) is 10.0. The third-order valence-electron chi connectivity index (χ3n) is 3.34. The topological polar surface area (TPSA) is 26.2 Å². The highest BCUT2D eigenvalue weighted by atomic mass is 16.5. The van der Waals surface area contributed by atoms with Crippen molar-refractivity contribution in [2.24, 2.45) is 5.92 Å². The van der Waals surface area contributed by atoms with E-state index in [2.05, 4.69) is 56.0 Å². The first kappa shape index (κ1) is 17.3. The van der Waals surface area contributed by atoms with E-state index in [0.717, 1.165) is 26.3 Å². The van der Waals surface area contributed by atoms with Crippen LogP contribution in [-0.2, 0) is 11.3 Å². The number of hydrogen-bond donors (Lipinski definition) is 1. The molecule has 0 fully saturated rings. The predicted molar refractivity (Wildman–Crippen MR) is 86.0 cm³/mol. The van der Waals surface area contributed by atoms with Crippen molar-refractivity contribution in [2.75, 3.05) is 19.8 Å². The first-order valence-corrected chi connectivity index (χ1v) is 8.14. The van der Waals surface area contributed by atoms with E-state index in [1.807, 2.05) is 0 Å². The Bertz CT molecular complexity index is 347. The number of nitrogens with zero attached hydrogens (tertiary/aromatic N) is 1. The van der Waals surface area contributed by atoms with Gasteiger partial charge in [-0.3, -0.25) is 0 Å². The van der Waals surface area contributed by atoms with Crippen molar-refractivity contribution in [1.29, 1.82) is 0 Å². The molecule has 1 atom stereocenters. The molecule has 3 heteroatoms. The molecule has 1 rings (SSSR count). The largest absolute Gasteiger partial charge is 0.379 e. The van der Waals surface area contributed by atoms with Gasteiger partial charge < -0.3 is 14.6 Å². The average molecular weight is 280 g/mol. The normalized spacial score (nSPS) is 13.1. The lowest BCUT2D eigenvalue weighted by Gasteiger charge is -2.16. The van der Waals surface area contributed by atoms with Crippen LogP contribution in [0.4, 0.5) is 0 Å². The van der Waals surface area contributed by atoms with Gasteiger partial charge in [0.2, 0.25) is 0 Å². The first-order valence-electron chi connectivity index (χ1n) is 8.14. The number of ether oxygens (including phenoxy) is 1. The quantitative estimate of drug-likeness (QED) is 0.620. The summed E-state index contributed by atoms with van der Waals surface area (Å²) in [6, 6.07) is 2.74. The van der Waals surface area contributed by atoms with Gasteiger partial charge in [0, 0.05) is 31.6 Å². The summed E-state index contributed by atoms with van der Waals surface area (Å²) in [5.41, 5.74) is 1.41. The van der Waals surface area contributed by atoms with E-state index in [1.165, 1.54) is 24.8 Å². The molecule has 0 bridgehead atoms. The number of aromatic nitrogens is 1. The molecule has 0 radical (unpaired) electrons. The minimum Gasteiger partial charge on any atom is -0.379 e. The number of rotatable bonds is 11. The van der Waals surface area contributed by atoms with Gasteiger partial charge >= 0.3 is 0 Å². The molecule has 0 saturated carbocycles. The Morgan fingerprint density at radius 1 is 1.25 bits per heavy atom. The SMILES string of the molecule is CCCNC(CCC)c1ccn(CCOCC(C)C)c1. The Morgan fingerprint density at radius 2 is 2.05 bits per heavy atom. The molecule has 1 aromatic heterocycles. The Kier molecular flexibility index (Phi) is 8.63. The van der Waals surface area contributed by atoms with E-state index in [4.69, 9.17) is 4.74 Å². The van der Waals surface area contributed by atoms with Crippen LogP contribution in [0.5, 0.6) is 0 Å². The Balaban J connectivity index is 2.42. The molecule has 0 saturated heterocycles. The molecule has 0 aliphatic rings. The van der Waals surface area contributed by atoms with E-state index in [0.29, 0.717) is 12.0 Å².